The first kappa shape index (κ1) is 14.3. The lowest BCUT2D eigenvalue weighted by Gasteiger charge is -2.19. The summed E-state index contributed by atoms with van der Waals surface area (Å²) in [6.45, 7) is 10.9. The van der Waals surface area contributed by atoms with Crippen LogP contribution in [0.4, 0.5) is 5.82 Å². The van der Waals surface area contributed by atoms with Crippen LogP contribution in [0.15, 0.2) is 12.4 Å². The zero-order valence-electron chi connectivity index (χ0n) is 12.4. The van der Waals surface area contributed by atoms with Crippen molar-refractivity contribution in [1.29, 1.82) is 0 Å². The molecule has 1 saturated heterocycles. The zero-order chi connectivity index (χ0) is 13.7. The molecule has 1 fully saturated rings. The molecule has 0 spiro atoms. The number of hydrogen-bond acceptors (Lipinski definition) is 4. The van der Waals surface area contributed by atoms with Gasteiger partial charge < -0.3 is 10.2 Å². The van der Waals surface area contributed by atoms with Crippen LogP contribution in [-0.4, -0.2) is 29.6 Å². The van der Waals surface area contributed by atoms with Crippen molar-refractivity contribution in [3.8, 4) is 0 Å². The molecule has 4 heteroatoms. The smallest absolute Gasteiger partial charge is 0.147 e. The van der Waals surface area contributed by atoms with Crippen molar-refractivity contribution >= 4 is 5.82 Å². The van der Waals surface area contributed by atoms with Gasteiger partial charge in [0.2, 0.25) is 0 Å². The van der Waals surface area contributed by atoms with Crippen molar-refractivity contribution in [2.75, 3.05) is 24.5 Å². The molecule has 1 aromatic heterocycles. The van der Waals surface area contributed by atoms with Crippen molar-refractivity contribution in [2.24, 2.45) is 11.8 Å². The second-order valence-electron chi connectivity index (χ2n) is 5.78. The van der Waals surface area contributed by atoms with Crippen LogP contribution in [0.5, 0.6) is 0 Å². The molecule has 2 heterocycles. The minimum atomic E-state index is 0.757. The summed E-state index contributed by atoms with van der Waals surface area (Å²) in [5.74, 6) is 2.59. The van der Waals surface area contributed by atoms with Crippen LogP contribution in [0, 0.1) is 11.8 Å². The molecule has 0 aromatic carbocycles. The summed E-state index contributed by atoms with van der Waals surface area (Å²) in [4.78, 5) is 11.4. The normalized spacial score (nSPS) is 19.4. The maximum absolute atomic E-state index is 4.72. The zero-order valence-corrected chi connectivity index (χ0v) is 12.4. The second-order valence-corrected chi connectivity index (χ2v) is 5.78. The molecular formula is C15H26N4. The molecular weight excluding hydrogens is 236 g/mol. The first-order chi connectivity index (χ1) is 9.20. The van der Waals surface area contributed by atoms with Crippen molar-refractivity contribution in [2.45, 2.75) is 40.2 Å². The summed E-state index contributed by atoms with van der Waals surface area (Å²) in [7, 11) is 0. The standard InChI is InChI=1S/C15H26N4/c1-4-6-16-8-14-9-17-10-15(18-14)19-7-5-13(11-19)12(2)3/h9-10,12-13,16H,4-8,11H2,1-3H3. The highest BCUT2D eigenvalue weighted by atomic mass is 15.2. The third-order valence-corrected chi connectivity index (χ3v) is 3.90. The molecule has 1 aliphatic heterocycles. The van der Waals surface area contributed by atoms with Gasteiger partial charge in [-0.3, -0.25) is 4.98 Å². The highest BCUT2D eigenvalue weighted by Gasteiger charge is 2.25. The van der Waals surface area contributed by atoms with Gasteiger partial charge in [0.15, 0.2) is 0 Å². The van der Waals surface area contributed by atoms with Crippen LogP contribution in [0.1, 0.15) is 39.3 Å². The van der Waals surface area contributed by atoms with Crippen molar-refractivity contribution in [3.05, 3.63) is 18.1 Å². The van der Waals surface area contributed by atoms with Gasteiger partial charge >= 0.3 is 0 Å². The van der Waals surface area contributed by atoms with E-state index < -0.39 is 0 Å². The minimum absolute atomic E-state index is 0.757. The molecule has 0 radical (unpaired) electrons. The molecule has 1 atom stereocenters. The summed E-state index contributed by atoms with van der Waals surface area (Å²) in [5.41, 5.74) is 1.04. The Morgan fingerprint density at radius 3 is 2.95 bits per heavy atom. The van der Waals surface area contributed by atoms with Gasteiger partial charge in [0, 0.05) is 25.8 Å². The number of nitrogens with zero attached hydrogens (tertiary/aromatic N) is 3. The Balaban J connectivity index is 1.95. The fourth-order valence-corrected chi connectivity index (χ4v) is 2.57. The van der Waals surface area contributed by atoms with E-state index in [1.165, 1.54) is 6.42 Å². The molecule has 1 aromatic rings. The predicted octanol–water partition coefficient (Wildman–Crippen LogP) is 2.46. The van der Waals surface area contributed by atoms with Gasteiger partial charge in [0.1, 0.15) is 5.82 Å². The van der Waals surface area contributed by atoms with Crippen molar-refractivity contribution < 1.29 is 0 Å². The molecule has 0 saturated carbocycles. The van der Waals surface area contributed by atoms with E-state index in [9.17, 15) is 0 Å². The van der Waals surface area contributed by atoms with Gasteiger partial charge in [-0.25, -0.2) is 4.98 Å². The average Bonchev–Trinajstić information content (AvgIpc) is 2.89. The van der Waals surface area contributed by atoms with E-state index in [2.05, 4.69) is 36.0 Å². The Bertz CT molecular complexity index is 391. The Kier molecular flexibility index (Phi) is 5.14. The summed E-state index contributed by atoms with van der Waals surface area (Å²) in [6.07, 6.45) is 6.18. The fraction of sp³-hybridized carbons (Fsp3) is 0.733. The van der Waals surface area contributed by atoms with Gasteiger partial charge in [-0.2, -0.15) is 0 Å². The van der Waals surface area contributed by atoms with Gasteiger partial charge in [0.25, 0.3) is 0 Å². The SMILES string of the molecule is CCCNCc1cncc(N2CCC(C(C)C)C2)n1. The summed E-state index contributed by atoms with van der Waals surface area (Å²) < 4.78 is 0. The topological polar surface area (TPSA) is 41.1 Å². The molecule has 1 aliphatic rings. The van der Waals surface area contributed by atoms with E-state index >= 15 is 0 Å². The number of nitrogens with one attached hydrogen (secondary N) is 1. The van der Waals surface area contributed by atoms with Crippen molar-refractivity contribution in [3.63, 3.8) is 0 Å². The molecule has 19 heavy (non-hydrogen) atoms. The van der Waals surface area contributed by atoms with Gasteiger partial charge in [-0.05, 0) is 31.2 Å². The summed E-state index contributed by atoms with van der Waals surface area (Å²) in [6, 6.07) is 0. The Hall–Kier alpha value is -1.16. The third kappa shape index (κ3) is 3.90. The molecule has 1 unspecified atom stereocenters. The first-order valence-electron chi connectivity index (χ1n) is 7.47. The van der Waals surface area contributed by atoms with E-state index in [4.69, 9.17) is 4.98 Å². The maximum atomic E-state index is 4.72. The molecule has 0 aliphatic carbocycles. The fourth-order valence-electron chi connectivity index (χ4n) is 2.57. The number of aromatic nitrogens is 2. The van der Waals surface area contributed by atoms with Crippen LogP contribution in [-0.2, 0) is 6.54 Å². The van der Waals surface area contributed by atoms with Crippen LogP contribution in [0.3, 0.4) is 0 Å². The molecule has 0 bridgehead atoms. The monoisotopic (exact) mass is 262 g/mol. The number of anilines is 1. The summed E-state index contributed by atoms with van der Waals surface area (Å²) in [5, 5.41) is 3.38. The third-order valence-electron chi connectivity index (χ3n) is 3.90. The molecule has 2 rings (SSSR count). The van der Waals surface area contributed by atoms with Gasteiger partial charge in [-0.15, -0.1) is 0 Å². The Morgan fingerprint density at radius 2 is 2.26 bits per heavy atom. The van der Waals surface area contributed by atoms with Crippen LogP contribution >= 0.6 is 0 Å². The van der Waals surface area contributed by atoms with Crippen molar-refractivity contribution in [1.82, 2.24) is 15.3 Å². The molecule has 106 valence electrons. The molecule has 4 nitrogen and oxygen atoms in total. The predicted molar refractivity (Wildman–Crippen MR) is 79.2 cm³/mol. The Morgan fingerprint density at radius 1 is 1.42 bits per heavy atom. The largest absolute Gasteiger partial charge is 0.355 e. The van der Waals surface area contributed by atoms with Crippen LogP contribution < -0.4 is 10.2 Å². The van der Waals surface area contributed by atoms with E-state index in [-0.39, 0.29) is 0 Å². The Labute approximate surface area is 116 Å². The van der Waals surface area contributed by atoms with Gasteiger partial charge in [-0.1, -0.05) is 20.8 Å². The summed E-state index contributed by atoms with van der Waals surface area (Å²) >= 11 is 0. The lowest BCUT2D eigenvalue weighted by Crippen LogP contribution is -2.23. The second kappa shape index (κ2) is 6.85. The van der Waals surface area contributed by atoms with E-state index in [1.54, 1.807) is 0 Å². The highest BCUT2D eigenvalue weighted by molar-refractivity contribution is 5.37. The highest BCUT2D eigenvalue weighted by Crippen LogP contribution is 2.26. The molecule has 0 amide bonds. The van der Waals surface area contributed by atoms with E-state index in [0.717, 1.165) is 55.9 Å². The first-order valence-corrected chi connectivity index (χ1v) is 7.47. The van der Waals surface area contributed by atoms with Crippen LogP contribution in [0.2, 0.25) is 0 Å². The number of rotatable bonds is 6. The minimum Gasteiger partial charge on any atom is -0.355 e. The lowest BCUT2D eigenvalue weighted by atomic mass is 9.95. The average molecular weight is 262 g/mol. The molecule has 1 N–H and O–H groups in total. The quantitative estimate of drug-likeness (QED) is 0.800. The lowest BCUT2D eigenvalue weighted by molar-refractivity contribution is 0.422. The van der Waals surface area contributed by atoms with Gasteiger partial charge in [0.05, 0.1) is 11.9 Å². The van der Waals surface area contributed by atoms with E-state index in [1.807, 2.05) is 12.4 Å². The van der Waals surface area contributed by atoms with E-state index in [0.29, 0.717) is 0 Å². The number of hydrogen-bond donors (Lipinski definition) is 1. The van der Waals surface area contributed by atoms with Crippen LogP contribution in [0.25, 0.3) is 0 Å². The maximum Gasteiger partial charge on any atom is 0.147 e.